The molecule has 1 aliphatic heterocycles. The Morgan fingerprint density at radius 1 is 1.33 bits per heavy atom. The van der Waals surface area contributed by atoms with E-state index in [9.17, 15) is 4.79 Å². The highest BCUT2D eigenvalue weighted by Gasteiger charge is 2.11. The predicted octanol–water partition coefficient (Wildman–Crippen LogP) is 3.46. The van der Waals surface area contributed by atoms with Crippen LogP contribution in [0.2, 0.25) is 0 Å². The predicted molar refractivity (Wildman–Crippen MR) is 134 cm³/mol. The van der Waals surface area contributed by atoms with Crippen LogP contribution in [-0.4, -0.2) is 60.9 Å². The number of hydrazone groups is 1. The van der Waals surface area contributed by atoms with Crippen molar-refractivity contribution >= 4 is 24.0 Å². The van der Waals surface area contributed by atoms with Gasteiger partial charge in [0, 0.05) is 77.1 Å². The zero-order valence-electron chi connectivity index (χ0n) is 19.8. The maximum absolute atomic E-state index is 12.5. The summed E-state index contributed by atoms with van der Waals surface area (Å²) in [6.45, 7) is 2.89. The third-order valence-electron chi connectivity index (χ3n) is 5.30. The molecule has 1 aliphatic rings. The zero-order chi connectivity index (χ0) is 23.6. The summed E-state index contributed by atoms with van der Waals surface area (Å²) >= 11 is 0. The van der Waals surface area contributed by atoms with E-state index in [-0.39, 0.29) is 5.43 Å². The maximum Gasteiger partial charge on any atom is 0.203 e. The van der Waals surface area contributed by atoms with Gasteiger partial charge in [-0.25, -0.2) is 9.67 Å². The van der Waals surface area contributed by atoms with Gasteiger partial charge < -0.3 is 4.74 Å². The first-order valence-electron chi connectivity index (χ1n) is 11.1. The number of hydrogen-bond donors (Lipinski definition) is 0. The molecule has 1 atom stereocenters. The minimum Gasteiger partial charge on any atom is -0.385 e. The van der Waals surface area contributed by atoms with Gasteiger partial charge in [0.1, 0.15) is 5.69 Å². The Morgan fingerprint density at radius 2 is 2.18 bits per heavy atom. The Labute approximate surface area is 195 Å². The molecule has 0 saturated heterocycles. The number of benzene rings is 1. The number of methoxy groups -OCH3 is 1. The number of aliphatic imine (C=N–C) groups is 2. The summed E-state index contributed by atoms with van der Waals surface area (Å²) in [5.74, 6) is 1.01. The van der Waals surface area contributed by atoms with Crippen LogP contribution in [0, 0.1) is 5.92 Å². The van der Waals surface area contributed by atoms with Gasteiger partial charge in [-0.05, 0) is 30.4 Å². The van der Waals surface area contributed by atoms with Crippen LogP contribution >= 0.6 is 0 Å². The lowest BCUT2D eigenvalue weighted by Crippen LogP contribution is -2.19. The number of allylic oxidation sites excluding steroid dienone is 1. The molecule has 33 heavy (non-hydrogen) atoms. The zero-order valence-corrected chi connectivity index (χ0v) is 19.8. The lowest BCUT2D eigenvalue weighted by molar-refractivity contribution is 0.191. The summed E-state index contributed by atoms with van der Waals surface area (Å²) in [4.78, 5) is 21.5. The highest BCUT2D eigenvalue weighted by Crippen LogP contribution is 2.14. The van der Waals surface area contributed by atoms with Crippen molar-refractivity contribution in [2.45, 2.75) is 32.6 Å². The van der Waals surface area contributed by atoms with E-state index in [0.717, 1.165) is 36.3 Å². The van der Waals surface area contributed by atoms with Gasteiger partial charge in [0.2, 0.25) is 5.43 Å². The summed E-state index contributed by atoms with van der Waals surface area (Å²) in [5.41, 5.74) is 3.26. The SMILES string of the molecule is CN=C(N=CC(C)CCCOC)c1cccc(Cc2nn(C3=CN(C)N=CC3)ccc2=O)c1. The minimum absolute atomic E-state index is 0.0811. The summed E-state index contributed by atoms with van der Waals surface area (Å²) in [6, 6.07) is 9.52. The minimum atomic E-state index is -0.0811. The number of amidine groups is 1. The second-order valence-electron chi connectivity index (χ2n) is 8.08. The number of rotatable bonds is 9. The van der Waals surface area contributed by atoms with E-state index < -0.39 is 0 Å². The summed E-state index contributed by atoms with van der Waals surface area (Å²) in [7, 11) is 5.32. The fourth-order valence-electron chi connectivity index (χ4n) is 3.54. The third kappa shape index (κ3) is 7.05. The standard InChI is InChI=1S/C25H32N6O2/c1-19(7-6-14-33-4)17-27-25(26-2)21-9-5-8-20(15-21)16-23-24(32)11-13-31(29-23)22-10-12-28-30(3)18-22/h5,8-9,11-13,15,17-19H,6-7,10,14,16H2,1-4H3. The fraction of sp³-hybridized carbons (Fsp3) is 0.400. The molecule has 0 spiro atoms. The van der Waals surface area contributed by atoms with Gasteiger partial charge in [-0.1, -0.05) is 25.1 Å². The first kappa shape index (κ1) is 24.3. The van der Waals surface area contributed by atoms with Crippen molar-refractivity contribution < 1.29 is 4.74 Å². The molecule has 174 valence electrons. The number of hydrogen-bond acceptors (Lipinski definition) is 6. The highest BCUT2D eigenvalue weighted by atomic mass is 16.5. The molecule has 0 bridgehead atoms. The Hall–Kier alpha value is -3.39. The molecular formula is C25H32N6O2. The summed E-state index contributed by atoms with van der Waals surface area (Å²) in [6.07, 6.45) is 10.5. The molecule has 8 nitrogen and oxygen atoms in total. The largest absolute Gasteiger partial charge is 0.385 e. The lowest BCUT2D eigenvalue weighted by atomic mass is 10.0. The van der Waals surface area contributed by atoms with Gasteiger partial charge in [0.05, 0.1) is 5.70 Å². The Morgan fingerprint density at radius 3 is 2.94 bits per heavy atom. The van der Waals surface area contributed by atoms with E-state index in [1.54, 1.807) is 36.1 Å². The molecule has 1 aromatic heterocycles. The van der Waals surface area contributed by atoms with Crippen LogP contribution in [-0.2, 0) is 11.2 Å². The third-order valence-corrected chi connectivity index (χ3v) is 5.30. The molecule has 8 heteroatoms. The van der Waals surface area contributed by atoms with Crippen molar-refractivity contribution in [3.63, 3.8) is 0 Å². The van der Waals surface area contributed by atoms with E-state index in [1.807, 2.05) is 49.9 Å². The van der Waals surface area contributed by atoms with Gasteiger partial charge in [0.25, 0.3) is 0 Å². The van der Waals surface area contributed by atoms with Crippen LogP contribution in [0.15, 0.2) is 62.6 Å². The second kappa shape index (κ2) is 12.0. The molecule has 0 aliphatic carbocycles. The number of ether oxygens (including phenoxy) is 1. The van der Waals surface area contributed by atoms with Gasteiger partial charge in [-0.2, -0.15) is 10.2 Å². The van der Waals surface area contributed by atoms with Crippen molar-refractivity contribution in [2.75, 3.05) is 27.8 Å². The van der Waals surface area contributed by atoms with Gasteiger partial charge in [-0.3, -0.25) is 14.8 Å². The smallest absolute Gasteiger partial charge is 0.203 e. The topological polar surface area (TPSA) is 84.4 Å². The number of nitrogens with zero attached hydrogens (tertiary/aromatic N) is 6. The normalized spacial score (nSPS) is 15.2. The molecule has 0 N–H and O–H groups in total. The van der Waals surface area contributed by atoms with E-state index in [0.29, 0.717) is 30.3 Å². The first-order valence-corrected chi connectivity index (χ1v) is 11.1. The van der Waals surface area contributed by atoms with E-state index in [2.05, 4.69) is 27.1 Å². The average Bonchev–Trinajstić information content (AvgIpc) is 2.81. The first-order chi connectivity index (χ1) is 16.0. The molecule has 1 unspecified atom stereocenters. The van der Waals surface area contributed by atoms with Gasteiger partial charge in [-0.15, -0.1) is 0 Å². The van der Waals surface area contributed by atoms with Crippen LogP contribution in [0.5, 0.6) is 0 Å². The van der Waals surface area contributed by atoms with Crippen LogP contribution in [0.3, 0.4) is 0 Å². The lowest BCUT2D eigenvalue weighted by Gasteiger charge is -2.17. The quantitative estimate of drug-likeness (QED) is 0.334. The second-order valence-corrected chi connectivity index (χ2v) is 8.08. The molecule has 0 fully saturated rings. The fourth-order valence-corrected chi connectivity index (χ4v) is 3.54. The maximum atomic E-state index is 12.5. The Bertz CT molecular complexity index is 1120. The molecule has 3 rings (SSSR count). The van der Waals surface area contributed by atoms with Crippen molar-refractivity contribution in [3.05, 3.63) is 69.8 Å². The van der Waals surface area contributed by atoms with Crippen LogP contribution in [0.4, 0.5) is 0 Å². The monoisotopic (exact) mass is 448 g/mol. The molecule has 1 aromatic carbocycles. The molecule has 0 radical (unpaired) electrons. The Balaban J connectivity index is 1.76. The van der Waals surface area contributed by atoms with E-state index in [1.165, 1.54) is 0 Å². The van der Waals surface area contributed by atoms with Crippen molar-refractivity contribution in [2.24, 2.45) is 21.0 Å². The van der Waals surface area contributed by atoms with Gasteiger partial charge in [0.15, 0.2) is 5.84 Å². The van der Waals surface area contributed by atoms with E-state index >= 15 is 0 Å². The molecule has 2 aromatic rings. The number of aromatic nitrogens is 2. The molecule has 0 amide bonds. The van der Waals surface area contributed by atoms with Crippen molar-refractivity contribution in [1.82, 2.24) is 14.8 Å². The Kier molecular flexibility index (Phi) is 8.83. The molecular weight excluding hydrogens is 416 g/mol. The van der Waals surface area contributed by atoms with Crippen LogP contribution in [0.1, 0.15) is 43.0 Å². The molecule has 0 saturated carbocycles. The molecule has 2 heterocycles. The van der Waals surface area contributed by atoms with Crippen LogP contribution in [0.25, 0.3) is 5.70 Å². The summed E-state index contributed by atoms with van der Waals surface area (Å²) in [5, 5.41) is 10.5. The van der Waals surface area contributed by atoms with Gasteiger partial charge >= 0.3 is 0 Å². The average molecular weight is 449 g/mol. The van der Waals surface area contributed by atoms with Crippen molar-refractivity contribution in [3.8, 4) is 0 Å². The van der Waals surface area contributed by atoms with E-state index in [4.69, 9.17) is 4.74 Å². The van der Waals surface area contributed by atoms with Crippen molar-refractivity contribution in [1.29, 1.82) is 0 Å². The van der Waals surface area contributed by atoms with Crippen LogP contribution < -0.4 is 5.43 Å². The highest BCUT2D eigenvalue weighted by molar-refractivity contribution is 6.03. The summed E-state index contributed by atoms with van der Waals surface area (Å²) < 4.78 is 6.86.